The Hall–Kier alpha value is -2.08. The van der Waals surface area contributed by atoms with E-state index in [0.29, 0.717) is 13.0 Å². The fraction of sp³-hybridized carbons (Fsp3) is 0.556. The third-order valence-corrected chi connectivity index (χ3v) is 3.08. The second kappa shape index (κ2) is 14.5. The molecule has 24 heavy (non-hydrogen) atoms. The molecule has 0 aliphatic rings. The van der Waals surface area contributed by atoms with E-state index >= 15 is 0 Å². The molecule has 0 saturated heterocycles. The molecule has 0 aliphatic heterocycles. The molecule has 138 valence electrons. The van der Waals surface area contributed by atoms with Crippen LogP contribution in [0, 0.1) is 5.92 Å². The Morgan fingerprint density at radius 2 is 1.79 bits per heavy atom. The van der Waals surface area contributed by atoms with Crippen LogP contribution in [0.4, 0.5) is 5.69 Å². The summed E-state index contributed by atoms with van der Waals surface area (Å²) in [4.78, 5) is 22.3. The lowest BCUT2D eigenvalue weighted by Gasteiger charge is -2.24. The highest BCUT2D eigenvalue weighted by atomic mass is 16.5. The van der Waals surface area contributed by atoms with Crippen molar-refractivity contribution in [1.82, 2.24) is 4.90 Å². The van der Waals surface area contributed by atoms with Crippen LogP contribution >= 0.6 is 0 Å². The fourth-order valence-corrected chi connectivity index (χ4v) is 2.00. The van der Waals surface area contributed by atoms with Gasteiger partial charge < -0.3 is 20.7 Å². The molecule has 0 bridgehead atoms. The molecule has 6 nitrogen and oxygen atoms in total. The number of nitrogens with two attached hydrogens (primary N) is 1. The SMILES string of the molecule is CC.CC(C)C(C(N)=O)N(C)C=O.CNc1ccc(COC)cc1. The van der Waals surface area contributed by atoms with E-state index in [4.69, 9.17) is 10.5 Å². The number of carbonyl (C=O) groups is 2. The maximum atomic E-state index is 10.8. The zero-order chi connectivity index (χ0) is 19.1. The molecule has 0 aromatic heterocycles. The number of carbonyl (C=O) groups excluding carboxylic acids is 2. The number of amides is 2. The predicted molar refractivity (Wildman–Crippen MR) is 99.7 cm³/mol. The van der Waals surface area contributed by atoms with E-state index in [9.17, 15) is 9.59 Å². The smallest absolute Gasteiger partial charge is 0.240 e. The average Bonchev–Trinajstić information content (AvgIpc) is 2.57. The number of primary amides is 1. The second-order valence-electron chi connectivity index (χ2n) is 5.24. The lowest BCUT2D eigenvalue weighted by molar-refractivity contribution is -0.131. The van der Waals surface area contributed by atoms with Crippen molar-refractivity contribution in [2.75, 3.05) is 26.5 Å². The van der Waals surface area contributed by atoms with Crippen molar-refractivity contribution in [1.29, 1.82) is 0 Å². The number of nitrogens with one attached hydrogen (secondary N) is 1. The first kappa shape index (κ1) is 24.2. The van der Waals surface area contributed by atoms with E-state index in [0.717, 1.165) is 5.69 Å². The van der Waals surface area contributed by atoms with Gasteiger partial charge in [-0.05, 0) is 23.6 Å². The van der Waals surface area contributed by atoms with Crippen molar-refractivity contribution in [2.24, 2.45) is 11.7 Å². The molecule has 1 aromatic rings. The van der Waals surface area contributed by atoms with Gasteiger partial charge in [0.05, 0.1) is 6.61 Å². The Labute approximate surface area is 146 Å². The van der Waals surface area contributed by atoms with Crippen molar-refractivity contribution in [3.63, 3.8) is 0 Å². The molecular formula is C18H33N3O3. The lowest BCUT2D eigenvalue weighted by Crippen LogP contribution is -2.45. The standard InChI is InChI=1S/C9H13NO.C7H14N2O2.C2H6/c1-10-9-5-3-8(4-6-9)7-11-2;1-5(2)6(7(8)11)9(3)4-10;1-2/h3-6,10H,7H2,1-2H3;4-6H,1-3H3,(H2,8,11);1-2H3. The van der Waals surface area contributed by atoms with E-state index in [2.05, 4.69) is 17.4 Å². The normalized spacial score (nSPS) is 10.5. The van der Waals surface area contributed by atoms with Gasteiger partial charge in [-0.3, -0.25) is 9.59 Å². The zero-order valence-corrected chi connectivity index (χ0v) is 16.0. The number of ether oxygens (including phenoxy) is 1. The van der Waals surface area contributed by atoms with E-state index in [-0.39, 0.29) is 5.92 Å². The van der Waals surface area contributed by atoms with Crippen molar-refractivity contribution in [3.8, 4) is 0 Å². The van der Waals surface area contributed by atoms with Crippen LogP contribution in [0.5, 0.6) is 0 Å². The van der Waals surface area contributed by atoms with Gasteiger partial charge in [0, 0.05) is 26.9 Å². The Morgan fingerprint density at radius 3 is 2.04 bits per heavy atom. The molecule has 0 saturated carbocycles. The van der Waals surface area contributed by atoms with Gasteiger partial charge in [0.25, 0.3) is 0 Å². The molecule has 1 rings (SSSR count). The lowest BCUT2D eigenvalue weighted by atomic mass is 10.0. The molecule has 2 amide bonds. The summed E-state index contributed by atoms with van der Waals surface area (Å²) < 4.78 is 4.98. The highest BCUT2D eigenvalue weighted by molar-refractivity contribution is 5.82. The number of nitrogens with zero attached hydrogens (tertiary/aromatic N) is 1. The van der Waals surface area contributed by atoms with E-state index in [1.807, 2.05) is 46.9 Å². The minimum absolute atomic E-state index is 0.0581. The van der Waals surface area contributed by atoms with Crippen LogP contribution in [-0.4, -0.2) is 44.5 Å². The van der Waals surface area contributed by atoms with Crippen LogP contribution in [0.2, 0.25) is 0 Å². The van der Waals surface area contributed by atoms with Crippen LogP contribution in [0.3, 0.4) is 0 Å². The average molecular weight is 339 g/mol. The summed E-state index contributed by atoms with van der Waals surface area (Å²) in [5.41, 5.74) is 7.40. The van der Waals surface area contributed by atoms with Gasteiger partial charge in [-0.15, -0.1) is 0 Å². The summed E-state index contributed by atoms with van der Waals surface area (Å²) in [5.74, 6) is -0.405. The molecule has 3 N–H and O–H groups in total. The number of rotatable bonds is 7. The van der Waals surface area contributed by atoms with Crippen LogP contribution in [0.25, 0.3) is 0 Å². The van der Waals surface area contributed by atoms with Gasteiger partial charge >= 0.3 is 0 Å². The zero-order valence-electron chi connectivity index (χ0n) is 16.0. The molecule has 0 fully saturated rings. The van der Waals surface area contributed by atoms with Crippen molar-refractivity contribution >= 4 is 18.0 Å². The van der Waals surface area contributed by atoms with Gasteiger partial charge in [-0.2, -0.15) is 0 Å². The summed E-state index contributed by atoms with van der Waals surface area (Å²) in [6.07, 6.45) is 0.607. The highest BCUT2D eigenvalue weighted by Gasteiger charge is 2.22. The molecule has 0 radical (unpaired) electrons. The predicted octanol–water partition coefficient (Wildman–Crippen LogP) is 2.49. The number of anilines is 1. The Bertz CT molecular complexity index is 447. The molecule has 1 aromatic carbocycles. The third-order valence-electron chi connectivity index (χ3n) is 3.08. The van der Waals surface area contributed by atoms with Crippen LogP contribution in [-0.2, 0) is 20.9 Å². The third kappa shape index (κ3) is 9.84. The summed E-state index contributed by atoms with van der Waals surface area (Å²) in [7, 11) is 5.15. The number of methoxy groups -OCH3 is 1. The first-order valence-electron chi connectivity index (χ1n) is 8.09. The topological polar surface area (TPSA) is 84.7 Å². The number of hydrogen-bond donors (Lipinski definition) is 2. The van der Waals surface area contributed by atoms with Crippen molar-refractivity contribution in [2.45, 2.75) is 40.3 Å². The molecule has 1 atom stereocenters. The summed E-state index contributed by atoms with van der Waals surface area (Å²) in [5, 5.41) is 3.06. The molecule has 0 aliphatic carbocycles. The molecular weight excluding hydrogens is 306 g/mol. The van der Waals surface area contributed by atoms with Gasteiger partial charge in [-0.25, -0.2) is 0 Å². The quantitative estimate of drug-likeness (QED) is 0.748. The minimum atomic E-state index is -0.493. The Balaban J connectivity index is 0. The fourth-order valence-electron chi connectivity index (χ4n) is 2.00. The summed E-state index contributed by atoms with van der Waals surface area (Å²) >= 11 is 0. The first-order chi connectivity index (χ1) is 11.4. The Morgan fingerprint density at radius 1 is 1.29 bits per heavy atom. The van der Waals surface area contributed by atoms with Gasteiger partial charge in [0.1, 0.15) is 6.04 Å². The summed E-state index contributed by atoms with van der Waals surface area (Å²) in [6.45, 7) is 8.37. The maximum absolute atomic E-state index is 10.8. The van der Waals surface area contributed by atoms with E-state index in [1.165, 1.54) is 10.5 Å². The highest BCUT2D eigenvalue weighted by Crippen LogP contribution is 2.08. The monoisotopic (exact) mass is 339 g/mol. The number of likely N-dealkylation sites (N-methyl/N-ethyl adjacent to an activating group) is 1. The van der Waals surface area contributed by atoms with Gasteiger partial charge in [0.15, 0.2) is 0 Å². The number of hydrogen-bond acceptors (Lipinski definition) is 4. The van der Waals surface area contributed by atoms with E-state index in [1.54, 1.807) is 14.2 Å². The van der Waals surface area contributed by atoms with Crippen LogP contribution in [0.1, 0.15) is 33.3 Å². The van der Waals surface area contributed by atoms with Crippen LogP contribution in [0.15, 0.2) is 24.3 Å². The molecule has 0 heterocycles. The van der Waals surface area contributed by atoms with Gasteiger partial charge in [-0.1, -0.05) is 39.8 Å². The van der Waals surface area contributed by atoms with Crippen LogP contribution < -0.4 is 11.1 Å². The molecule has 6 heteroatoms. The van der Waals surface area contributed by atoms with Gasteiger partial charge in [0.2, 0.25) is 12.3 Å². The largest absolute Gasteiger partial charge is 0.388 e. The van der Waals surface area contributed by atoms with Crippen molar-refractivity contribution < 1.29 is 14.3 Å². The van der Waals surface area contributed by atoms with E-state index < -0.39 is 11.9 Å². The first-order valence-corrected chi connectivity index (χ1v) is 8.09. The molecule has 0 spiro atoms. The summed E-state index contributed by atoms with van der Waals surface area (Å²) in [6, 6.07) is 7.68. The number of benzene rings is 1. The minimum Gasteiger partial charge on any atom is -0.388 e. The molecule has 1 unspecified atom stereocenters. The second-order valence-corrected chi connectivity index (χ2v) is 5.24. The Kier molecular flexibility index (Phi) is 14.6. The maximum Gasteiger partial charge on any atom is 0.240 e. The van der Waals surface area contributed by atoms with Crippen molar-refractivity contribution in [3.05, 3.63) is 29.8 Å².